The minimum atomic E-state index is -1.07. The molecule has 0 saturated heterocycles. The Bertz CT molecular complexity index is 656. The van der Waals surface area contributed by atoms with Gasteiger partial charge >= 0.3 is 5.97 Å². The predicted molar refractivity (Wildman–Crippen MR) is 78.1 cm³/mol. The summed E-state index contributed by atoms with van der Waals surface area (Å²) in [5.74, 6) is -0.777. The molecule has 0 saturated carbocycles. The van der Waals surface area contributed by atoms with Crippen molar-refractivity contribution < 1.29 is 24.2 Å². The number of nitrogens with zero attached hydrogens (tertiary/aromatic N) is 2. The van der Waals surface area contributed by atoms with E-state index in [1.165, 1.54) is 0 Å². The summed E-state index contributed by atoms with van der Waals surface area (Å²) in [5, 5.41) is 19.3. The van der Waals surface area contributed by atoms with E-state index >= 15 is 0 Å². The van der Waals surface area contributed by atoms with Crippen LogP contribution in [0, 0.1) is 0 Å². The number of benzene rings is 1. The number of aliphatic carboxylic acids is 1. The fraction of sp³-hybridized carbons (Fsp3) is 0.231. The summed E-state index contributed by atoms with van der Waals surface area (Å²) in [6.45, 7) is -0.424. The normalized spacial score (nSPS) is 10.2. The molecular weight excluding hydrogens is 310 g/mol. The van der Waals surface area contributed by atoms with Crippen molar-refractivity contribution in [3.05, 3.63) is 34.3 Å². The lowest BCUT2D eigenvalue weighted by atomic mass is 10.3. The molecule has 0 aliphatic carbocycles. The third kappa shape index (κ3) is 4.50. The Kier molecular flexibility index (Phi) is 5.39. The number of carboxylic acid groups (broad SMARTS) is 1. The highest BCUT2D eigenvalue weighted by Gasteiger charge is 2.13. The molecular formula is C13H13N3O5S. The number of anilines is 1. The Labute approximate surface area is 129 Å². The number of carboxylic acids is 1. The standard InChI is InChI=1S/C13H13N3O5S/c1-20-9-4-2-8(3-5-9)14-12(19)13-16-15-10(22-13)6-21-7-11(17)18/h2-5H,6-7H2,1H3,(H,14,19)(H,17,18). The van der Waals surface area contributed by atoms with Crippen molar-refractivity contribution in [2.24, 2.45) is 0 Å². The largest absolute Gasteiger partial charge is 0.497 e. The minimum absolute atomic E-state index is 0.000216. The molecule has 0 aliphatic heterocycles. The molecule has 0 aliphatic rings. The Hall–Kier alpha value is -2.52. The van der Waals surface area contributed by atoms with Gasteiger partial charge in [0.05, 0.1) is 7.11 Å². The van der Waals surface area contributed by atoms with E-state index < -0.39 is 18.5 Å². The van der Waals surface area contributed by atoms with Crippen molar-refractivity contribution >= 4 is 28.9 Å². The maximum absolute atomic E-state index is 12.0. The van der Waals surface area contributed by atoms with Gasteiger partial charge in [-0.05, 0) is 24.3 Å². The van der Waals surface area contributed by atoms with E-state index in [9.17, 15) is 9.59 Å². The number of methoxy groups -OCH3 is 1. The fourth-order valence-corrected chi connectivity index (χ4v) is 2.16. The van der Waals surface area contributed by atoms with Crippen LogP contribution in [0.15, 0.2) is 24.3 Å². The summed E-state index contributed by atoms with van der Waals surface area (Å²) >= 11 is 1.04. The van der Waals surface area contributed by atoms with Gasteiger partial charge in [-0.1, -0.05) is 11.3 Å². The molecule has 2 aromatic rings. The highest BCUT2D eigenvalue weighted by atomic mass is 32.1. The van der Waals surface area contributed by atoms with Crippen LogP contribution in [0.25, 0.3) is 0 Å². The second kappa shape index (κ2) is 7.48. The van der Waals surface area contributed by atoms with Crippen LogP contribution in [-0.2, 0) is 16.1 Å². The zero-order valence-corrected chi connectivity index (χ0v) is 12.4. The van der Waals surface area contributed by atoms with Gasteiger partial charge in [0, 0.05) is 5.69 Å². The van der Waals surface area contributed by atoms with E-state index in [4.69, 9.17) is 14.6 Å². The van der Waals surface area contributed by atoms with E-state index in [-0.39, 0.29) is 11.6 Å². The summed E-state index contributed by atoms with van der Waals surface area (Å²) in [7, 11) is 1.56. The first kappa shape index (κ1) is 15.9. The highest BCUT2D eigenvalue weighted by Crippen LogP contribution is 2.17. The van der Waals surface area contributed by atoms with Crippen molar-refractivity contribution in [3.63, 3.8) is 0 Å². The zero-order chi connectivity index (χ0) is 15.9. The number of ether oxygens (including phenoxy) is 2. The molecule has 116 valence electrons. The Balaban J connectivity index is 1.91. The SMILES string of the molecule is COc1ccc(NC(=O)c2nnc(COCC(=O)O)s2)cc1. The first-order chi connectivity index (χ1) is 10.6. The van der Waals surface area contributed by atoms with Gasteiger partial charge < -0.3 is 19.9 Å². The van der Waals surface area contributed by atoms with Crippen molar-refractivity contribution in [1.29, 1.82) is 0 Å². The predicted octanol–water partition coefficient (Wildman–Crippen LogP) is 1.40. The average molecular weight is 323 g/mol. The van der Waals surface area contributed by atoms with E-state index in [0.29, 0.717) is 16.4 Å². The molecule has 9 heteroatoms. The molecule has 0 atom stereocenters. The number of nitrogens with one attached hydrogen (secondary N) is 1. The molecule has 0 radical (unpaired) electrons. The van der Waals surface area contributed by atoms with Crippen molar-refractivity contribution in [3.8, 4) is 5.75 Å². The van der Waals surface area contributed by atoms with Crippen LogP contribution in [-0.4, -0.2) is 40.9 Å². The molecule has 1 heterocycles. The van der Waals surface area contributed by atoms with Crippen LogP contribution in [0.1, 0.15) is 14.8 Å². The Morgan fingerprint density at radius 1 is 1.27 bits per heavy atom. The molecule has 2 rings (SSSR count). The van der Waals surface area contributed by atoms with Crippen LogP contribution < -0.4 is 10.1 Å². The lowest BCUT2D eigenvalue weighted by Crippen LogP contribution is -2.11. The summed E-state index contributed by atoms with van der Waals surface area (Å²) in [4.78, 5) is 22.3. The molecule has 0 unspecified atom stereocenters. The third-order valence-electron chi connectivity index (χ3n) is 2.46. The first-order valence-corrected chi connectivity index (χ1v) is 6.97. The number of aromatic nitrogens is 2. The minimum Gasteiger partial charge on any atom is -0.497 e. The van der Waals surface area contributed by atoms with Crippen molar-refractivity contribution in [1.82, 2.24) is 10.2 Å². The molecule has 0 bridgehead atoms. The summed E-state index contributed by atoms with van der Waals surface area (Å²) in [6, 6.07) is 6.85. The average Bonchev–Trinajstić information content (AvgIpc) is 2.96. The van der Waals surface area contributed by atoms with E-state index in [2.05, 4.69) is 15.5 Å². The summed E-state index contributed by atoms with van der Waals surface area (Å²) in [6.07, 6.45) is 0. The van der Waals surface area contributed by atoms with E-state index in [1.54, 1.807) is 31.4 Å². The lowest BCUT2D eigenvalue weighted by molar-refractivity contribution is -0.142. The van der Waals surface area contributed by atoms with Crippen LogP contribution in [0.2, 0.25) is 0 Å². The third-order valence-corrected chi connectivity index (χ3v) is 3.36. The second-order valence-electron chi connectivity index (χ2n) is 4.07. The van der Waals surface area contributed by atoms with Gasteiger partial charge in [-0.2, -0.15) is 0 Å². The number of carbonyl (C=O) groups excluding carboxylic acids is 1. The number of rotatable bonds is 7. The van der Waals surface area contributed by atoms with Gasteiger partial charge in [-0.15, -0.1) is 10.2 Å². The van der Waals surface area contributed by atoms with Crippen LogP contribution in [0.4, 0.5) is 5.69 Å². The maximum Gasteiger partial charge on any atom is 0.329 e. The first-order valence-electron chi connectivity index (χ1n) is 6.16. The molecule has 1 aromatic heterocycles. The quantitative estimate of drug-likeness (QED) is 0.792. The number of carbonyl (C=O) groups is 2. The fourth-order valence-electron chi connectivity index (χ4n) is 1.49. The van der Waals surface area contributed by atoms with Gasteiger partial charge in [0.25, 0.3) is 5.91 Å². The second-order valence-corrected chi connectivity index (χ2v) is 5.13. The van der Waals surface area contributed by atoms with Gasteiger partial charge in [0.1, 0.15) is 24.0 Å². The Morgan fingerprint density at radius 3 is 2.64 bits per heavy atom. The lowest BCUT2D eigenvalue weighted by Gasteiger charge is -2.03. The summed E-state index contributed by atoms with van der Waals surface area (Å²) < 4.78 is 9.91. The number of amides is 1. The monoisotopic (exact) mass is 323 g/mol. The number of hydrogen-bond donors (Lipinski definition) is 2. The molecule has 0 spiro atoms. The van der Waals surface area contributed by atoms with Gasteiger partial charge in [-0.25, -0.2) is 4.79 Å². The molecule has 0 fully saturated rings. The van der Waals surface area contributed by atoms with Crippen LogP contribution in [0.5, 0.6) is 5.75 Å². The van der Waals surface area contributed by atoms with Crippen LogP contribution in [0.3, 0.4) is 0 Å². The van der Waals surface area contributed by atoms with Gasteiger partial charge in [0.2, 0.25) is 5.01 Å². The zero-order valence-electron chi connectivity index (χ0n) is 11.6. The molecule has 8 nitrogen and oxygen atoms in total. The topological polar surface area (TPSA) is 111 Å². The molecule has 1 aromatic carbocycles. The Morgan fingerprint density at radius 2 is 2.00 bits per heavy atom. The number of hydrogen-bond acceptors (Lipinski definition) is 7. The molecule has 1 amide bonds. The van der Waals surface area contributed by atoms with Crippen molar-refractivity contribution in [2.75, 3.05) is 19.0 Å². The van der Waals surface area contributed by atoms with E-state index in [0.717, 1.165) is 11.3 Å². The molecule has 2 N–H and O–H groups in total. The van der Waals surface area contributed by atoms with Gasteiger partial charge in [0.15, 0.2) is 0 Å². The van der Waals surface area contributed by atoms with Gasteiger partial charge in [-0.3, -0.25) is 4.79 Å². The maximum atomic E-state index is 12.0. The smallest absolute Gasteiger partial charge is 0.329 e. The summed E-state index contributed by atoms with van der Waals surface area (Å²) in [5.41, 5.74) is 0.602. The molecule has 22 heavy (non-hydrogen) atoms. The van der Waals surface area contributed by atoms with Crippen LogP contribution >= 0.6 is 11.3 Å². The highest BCUT2D eigenvalue weighted by molar-refractivity contribution is 7.13. The van der Waals surface area contributed by atoms with E-state index in [1.807, 2.05) is 0 Å². The van der Waals surface area contributed by atoms with Crippen molar-refractivity contribution in [2.45, 2.75) is 6.61 Å².